The summed E-state index contributed by atoms with van der Waals surface area (Å²) in [5, 5.41) is 2.65. The fourth-order valence-electron chi connectivity index (χ4n) is 3.23. The molecule has 1 aromatic rings. The molecular formula is C18H25F3IN3O. The van der Waals surface area contributed by atoms with Crippen molar-refractivity contribution in [2.45, 2.75) is 38.4 Å². The maximum atomic E-state index is 12.8. The molecule has 2 rings (SSSR count). The molecule has 0 aromatic heterocycles. The van der Waals surface area contributed by atoms with Crippen molar-refractivity contribution in [2.75, 3.05) is 35.9 Å². The fourth-order valence-corrected chi connectivity index (χ4v) is 3.92. The molecule has 1 aliphatic heterocycles. The van der Waals surface area contributed by atoms with Crippen molar-refractivity contribution in [1.82, 2.24) is 9.80 Å². The van der Waals surface area contributed by atoms with Crippen LogP contribution in [0.15, 0.2) is 24.3 Å². The first kappa shape index (κ1) is 21.3. The monoisotopic (exact) mass is 483 g/mol. The minimum Gasteiger partial charge on any atom is -0.321 e. The molecule has 1 heterocycles. The first-order chi connectivity index (χ1) is 12.3. The van der Waals surface area contributed by atoms with Crippen LogP contribution in [-0.2, 0) is 6.18 Å². The van der Waals surface area contributed by atoms with Gasteiger partial charge in [-0.25, -0.2) is 4.79 Å². The molecule has 1 aromatic carbocycles. The number of benzene rings is 1. The molecule has 0 bridgehead atoms. The van der Waals surface area contributed by atoms with Gasteiger partial charge in [0.25, 0.3) is 0 Å². The molecule has 4 nitrogen and oxygen atoms in total. The highest BCUT2D eigenvalue weighted by molar-refractivity contribution is 14.1. The maximum Gasteiger partial charge on any atom is 0.416 e. The van der Waals surface area contributed by atoms with Gasteiger partial charge in [0.15, 0.2) is 0 Å². The van der Waals surface area contributed by atoms with Gasteiger partial charge >= 0.3 is 12.2 Å². The number of carbonyl (C=O) groups is 1. The van der Waals surface area contributed by atoms with Crippen molar-refractivity contribution >= 4 is 34.3 Å². The Balaban J connectivity index is 2.03. The molecule has 1 N–H and O–H groups in total. The predicted molar refractivity (Wildman–Crippen MR) is 106 cm³/mol. The molecule has 0 saturated carbocycles. The summed E-state index contributed by atoms with van der Waals surface area (Å²) in [7, 11) is 0. The van der Waals surface area contributed by atoms with E-state index in [2.05, 4.69) is 32.8 Å². The fraction of sp³-hybridized carbons (Fsp3) is 0.611. The highest BCUT2D eigenvalue weighted by Crippen LogP contribution is 2.30. The molecule has 0 spiro atoms. The SMILES string of the molecule is CCCN(C(=O)Nc1cccc(C(F)(F)F)c1)C1CCN(CCI)CC1. The molecule has 26 heavy (non-hydrogen) atoms. The van der Waals surface area contributed by atoms with E-state index in [1.54, 1.807) is 4.90 Å². The van der Waals surface area contributed by atoms with Gasteiger partial charge in [0, 0.05) is 42.3 Å². The van der Waals surface area contributed by atoms with E-state index in [9.17, 15) is 18.0 Å². The van der Waals surface area contributed by atoms with Crippen molar-refractivity contribution in [1.29, 1.82) is 0 Å². The maximum absolute atomic E-state index is 12.8. The zero-order chi connectivity index (χ0) is 19.2. The van der Waals surface area contributed by atoms with Gasteiger partial charge in [-0.2, -0.15) is 13.2 Å². The average Bonchev–Trinajstić information content (AvgIpc) is 2.60. The molecule has 2 amide bonds. The Labute approximate surface area is 166 Å². The lowest BCUT2D eigenvalue weighted by molar-refractivity contribution is -0.137. The van der Waals surface area contributed by atoms with Crippen LogP contribution in [0.1, 0.15) is 31.7 Å². The summed E-state index contributed by atoms with van der Waals surface area (Å²) in [6, 6.07) is 4.59. The van der Waals surface area contributed by atoms with Crippen molar-refractivity contribution in [3.8, 4) is 0 Å². The van der Waals surface area contributed by atoms with Gasteiger partial charge in [-0.15, -0.1) is 0 Å². The van der Waals surface area contributed by atoms with Crippen LogP contribution in [0.5, 0.6) is 0 Å². The van der Waals surface area contributed by atoms with E-state index in [-0.39, 0.29) is 17.8 Å². The zero-order valence-corrected chi connectivity index (χ0v) is 17.0. The normalized spacial score (nSPS) is 16.5. The Morgan fingerprint density at radius 3 is 2.62 bits per heavy atom. The van der Waals surface area contributed by atoms with Crippen molar-refractivity contribution in [3.63, 3.8) is 0 Å². The number of nitrogens with one attached hydrogen (secondary N) is 1. The molecule has 8 heteroatoms. The zero-order valence-electron chi connectivity index (χ0n) is 14.9. The van der Waals surface area contributed by atoms with Crippen molar-refractivity contribution in [2.24, 2.45) is 0 Å². The largest absolute Gasteiger partial charge is 0.416 e. The van der Waals surface area contributed by atoms with Gasteiger partial charge in [-0.3, -0.25) is 0 Å². The number of piperidine rings is 1. The van der Waals surface area contributed by atoms with Gasteiger partial charge in [0.1, 0.15) is 0 Å². The Bertz CT molecular complexity index is 589. The van der Waals surface area contributed by atoms with Crippen LogP contribution in [0, 0.1) is 0 Å². The summed E-state index contributed by atoms with van der Waals surface area (Å²) >= 11 is 2.36. The number of alkyl halides is 4. The third-order valence-electron chi connectivity index (χ3n) is 4.57. The van der Waals surface area contributed by atoms with Gasteiger partial charge in [0.05, 0.1) is 5.56 Å². The van der Waals surface area contributed by atoms with Gasteiger partial charge < -0.3 is 15.1 Å². The highest BCUT2D eigenvalue weighted by Gasteiger charge is 2.31. The minimum absolute atomic E-state index is 0.131. The molecule has 146 valence electrons. The van der Waals surface area contributed by atoms with E-state index in [4.69, 9.17) is 0 Å². The number of nitrogens with zero attached hydrogens (tertiary/aromatic N) is 2. The standard InChI is InChI=1S/C18H25F3IN3O/c1-2-9-25(16-6-10-24(11-7-16)12-8-22)17(26)23-15-5-3-4-14(13-15)18(19,20)21/h3-5,13,16H,2,6-12H2,1H3,(H,23,26). The van der Waals surface area contributed by atoms with E-state index >= 15 is 0 Å². The van der Waals surface area contributed by atoms with Gasteiger partial charge in [0.2, 0.25) is 0 Å². The second-order valence-corrected chi connectivity index (χ2v) is 7.54. The van der Waals surface area contributed by atoms with Crippen LogP contribution in [-0.4, -0.2) is 52.5 Å². The van der Waals surface area contributed by atoms with Crippen LogP contribution in [0.3, 0.4) is 0 Å². The first-order valence-corrected chi connectivity index (χ1v) is 10.4. The lowest BCUT2D eigenvalue weighted by Crippen LogP contribution is -2.49. The third-order valence-corrected chi connectivity index (χ3v) is 5.05. The van der Waals surface area contributed by atoms with Crippen LogP contribution >= 0.6 is 22.6 Å². The Hall–Kier alpha value is -1.03. The number of amides is 2. The van der Waals surface area contributed by atoms with Crippen LogP contribution < -0.4 is 5.32 Å². The second kappa shape index (κ2) is 9.77. The molecule has 0 aliphatic carbocycles. The highest BCUT2D eigenvalue weighted by atomic mass is 127. The lowest BCUT2D eigenvalue weighted by atomic mass is 10.0. The number of likely N-dealkylation sites (tertiary alicyclic amines) is 1. The average molecular weight is 483 g/mol. The molecule has 0 radical (unpaired) electrons. The number of urea groups is 1. The predicted octanol–water partition coefficient (Wildman–Crippen LogP) is 4.85. The Morgan fingerprint density at radius 1 is 1.35 bits per heavy atom. The van der Waals surface area contributed by atoms with E-state index in [1.165, 1.54) is 12.1 Å². The van der Waals surface area contributed by atoms with Gasteiger partial charge in [-0.1, -0.05) is 35.6 Å². The molecular weight excluding hydrogens is 458 g/mol. The molecule has 0 atom stereocenters. The summed E-state index contributed by atoms with van der Waals surface area (Å²) in [4.78, 5) is 16.9. The van der Waals surface area contributed by atoms with Crippen LogP contribution in [0.2, 0.25) is 0 Å². The summed E-state index contributed by atoms with van der Waals surface area (Å²) in [5.41, 5.74) is -0.585. The smallest absolute Gasteiger partial charge is 0.321 e. The third kappa shape index (κ3) is 6.00. The Morgan fingerprint density at radius 2 is 2.04 bits per heavy atom. The number of hydrogen-bond donors (Lipinski definition) is 1. The number of anilines is 1. The van der Waals surface area contributed by atoms with Crippen LogP contribution in [0.4, 0.5) is 23.7 Å². The summed E-state index contributed by atoms with van der Waals surface area (Å²) in [6.45, 7) is 5.55. The van der Waals surface area contributed by atoms with E-state index in [0.717, 1.165) is 55.5 Å². The van der Waals surface area contributed by atoms with Crippen molar-refractivity contribution in [3.05, 3.63) is 29.8 Å². The summed E-state index contributed by atoms with van der Waals surface area (Å²) in [6.07, 6.45) is -1.82. The van der Waals surface area contributed by atoms with Gasteiger partial charge in [-0.05, 0) is 37.5 Å². The second-order valence-electron chi connectivity index (χ2n) is 6.46. The quantitative estimate of drug-likeness (QED) is 0.464. The van der Waals surface area contributed by atoms with E-state index in [0.29, 0.717) is 6.54 Å². The van der Waals surface area contributed by atoms with Crippen LogP contribution in [0.25, 0.3) is 0 Å². The molecule has 0 unspecified atom stereocenters. The van der Waals surface area contributed by atoms with E-state index in [1.807, 2.05) is 6.92 Å². The van der Waals surface area contributed by atoms with E-state index < -0.39 is 11.7 Å². The summed E-state index contributed by atoms with van der Waals surface area (Å²) < 4.78 is 39.6. The first-order valence-electron chi connectivity index (χ1n) is 8.88. The Kier molecular flexibility index (Phi) is 8.00. The molecule has 1 aliphatic rings. The molecule has 1 fully saturated rings. The number of carbonyl (C=O) groups excluding carboxylic acids is 1. The number of rotatable bonds is 6. The minimum atomic E-state index is -4.42. The number of hydrogen-bond acceptors (Lipinski definition) is 2. The number of halogens is 4. The topological polar surface area (TPSA) is 35.6 Å². The lowest BCUT2D eigenvalue weighted by Gasteiger charge is -2.38. The van der Waals surface area contributed by atoms with Crippen molar-refractivity contribution < 1.29 is 18.0 Å². The molecule has 1 saturated heterocycles. The summed E-state index contributed by atoms with van der Waals surface area (Å²) in [5.74, 6) is 0.